The van der Waals surface area contributed by atoms with Crippen LogP contribution in [0.5, 0.6) is 0 Å². The molecule has 0 bridgehead atoms. The van der Waals surface area contributed by atoms with Gasteiger partial charge in [0.15, 0.2) is 5.78 Å². The molecule has 1 amide bonds. The van der Waals surface area contributed by atoms with Crippen molar-refractivity contribution in [2.75, 3.05) is 36.5 Å². The van der Waals surface area contributed by atoms with Crippen molar-refractivity contribution in [3.63, 3.8) is 0 Å². The van der Waals surface area contributed by atoms with E-state index in [2.05, 4.69) is 15.2 Å². The molecule has 2 heterocycles. The van der Waals surface area contributed by atoms with E-state index in [9.17, 15) is 9.59 Å². The molecule has 3 rings (SSSR count). The first kappa shape index (κ1) is 18.5. The number of hydrogen-bond donors (Lipinski definition) is 2. The maximum absolute atomic E-state index is 12.8. The molecule has 1 aliphatic rings. The number of aryl methyl sites for hydroxylation is 1. The van der Waals surface area contributed by atoms with E-state index >= 15 is 0 Å². The maximum Gasteiger partial charge on any atom is 0.272 e. The van der Waals surface area contributed by atoms with E-state index in [1.165, 1.54) is 6.92 Å². The number of benzene rings is 1. The fourth-order valence-corrected chi connectivity index (χ4v) is 3.71. The van der Waals surface area contributed by atoms with Gasteiger partial charge in [-0.1, -0.05) is 17.7 Å². The van der Waals surface area contributed by atoms with Gasteiger partial charge in [0.25, 0.3) is 5.91 Å². The average Bonchev–Trinajstić information content (AvgIpc) is 2.90. The zero-order valence-corrected chi connectivity index (χ0v) is 15.9. The van der Waals surface area contributed by atoms with Gasteiger partial charge in [-0.05, 0) is 38.5 Å². The Kier molecular flexibility index (Phi) is 5.34. The minimum atomic E-state index is -0.296. The molecule has 7 heteroatoms. The molecular weight excluding hydrogens is 354 g/mol. The lowest BCUT2D eigenvalue weighted by Crippen LogP contribution is -2.37. The summed E-state index contributed by atoms with van der Waals surface area (Å²) in [6.07, 6.45) is 0. The Morgan fingerprint density at radius 2 is 1.92 bits per heavy atom. The van der Waals surface area contributed by atoms with Crippen LogP contribution < -0.4 is 10.2 Å². The number of hydrogen-bond acceptors (Lipinski definition) is 4. The summed E-state index contributed by atoms with van der Waals surface area (Å²) in [4.78, 5) is 29.8. The van der Waals surface area contributed by atoms with Gasteiger partial charge in [0.2, 0.25) is 0 Å². The molecule has 0 aliphatic carbocycles. The highest BCUT2D eigenvalue weighted by molar-refractivity contribution is 6.34. The van der Waals surface area contributed by atoms with Crippen LogP contribution in [0.2, 0.25) is 5.02 Å². The van der Waals surface area contributed by atoms with Crippen molar-refractivity contribution in [3.8, 4) is 0 Å². The van der Waals surface area contributed by atoms with Gasteiger partial charge in [-0.3, -0.25) is 9.59 Å². The van der Waals surface area contributed by atoms with E-state index in [1.54, 1.807) is 26.0 Å². The number of aromatic amines is 1. The minimum Gasteiger partial charge on any atom is -0.378 e. The van der Waals surface area contributed by atoms with E-state index in [0.717, 1.165) is 5.69 Å². The van der Waals surface area contributed by atoms with Crippen molar-refractivity contribution >= 4 is 34.7 Å². The molecule has 1 fully saturated rings. The van der Waals surface area contributed by atoms with Crippen molar-refractivity contribution < 1.29 is 14.3 Å². The Labute approximate surface area is 157 Å². The number of morpholine rings is 1. The Morgan fingerprint density at radius 1 is 1.23 bits per heavy atom. The summed E-state index contributed by atoms with van der Waals surface area (Å²) in [5, 5.41) is 3.51. The molecule has 2 N–H and O–H groups in total. The normalized spacial score (nSPS) is 14.4. The third-order valence-electron chi connectivity index (χ3n) is 4.58. The molecule has 138 valence electrons. The lowest BCUT2D eigenvalue weighted by Gasteiger charge is -2.31. The summed E-state index contributed by atoms with van der Waals surface area (Å²) in [6.45, 7) is 7.72. The number of ether oxygens (including phenoxy) is 1. The molecule has 0 saturated carbocycles. The van der Waals surface area contributed by atoms with E-state index in [-0.39, 0.29) is 11.7 Å². The summed E-state index contributed by atoms with van der Waals surface area (Å²) < 4.78 is 5.40. The quantitative estimate of drug-likeness (QED) is 0.801. The zero-order chi connectivity index (χ0) is 18.8. The molecule has 0 atom stereocenters. The molecule has 1 aliphatic heterocycles. The number of rotatable bonds is 4. The number of nitrogens with zero attached hydrogens (tertiary/aromatic N) is 1. The fraction of sp³-hybridized carbons (Fsp3) is 0.368. The smallest absolute Gasteiger partial charge is 0.272 e. The van der Waals surface area contributed by atoms with E-state index < -0.39 is 0 Å². The molecule has 0 unspecified atom stereocenters. The monoisotopic (exact) mass is 375 g/mol. The van der Waals surface area contributed by atoms with Gasteiger partial charge >= 0.3 is 0 Å². The second-order valence-corrected chi connectivity index (χ2v) is 6.78. The van der Waals surface area contributed by atoms with Crippen molar-refractivity contribution in [2.24, 2.45) is 0 Å². The second-order valence-electron chi connectivity index (χ2n) is 6.37. The predicted octanol–water partition coefficient (Wildman–Crippen LogP) is 3.58. The third-order valence-corrected chi connectivity index (χ3v) is 4.88. The summed E-state index contributed by atoms with van der Waals surface area (Å²) in [5.74, 6) is -0.359. The first-order chi connectivity index (χ1) is 12.4. The first-order valence-corrected chi connectivity index (χ1v) is 8.90. The van der Waals surface area contributed by atoms with Crippen LogP contribution in [0.1, 0.15) is 39.0 Å². The summed E-state index contributed by atoms with van der Waals surface area (Å²) in [7, 11) is 0. The summed E-state index contributed by atoms with van der Waals surface area (Å²) >= 11 is 6.41. The number of halogens is 1. The Hall–Kier alpha value is -2.31. The summed E-state index contributed by atoms with van der Waals surface area (Å²) in [6, 6.07) is 5.43. The van der Waals surface area contributed by atoms with Gasteiger partial charge < -0.3 is 19.9 Å². The summed E-state index contributed by atoms with van der Waals surface area (Å²) in [5.41, 5.74) is 3.73. The van der Waals surface area contributed by atoms with Crippen LogP contribution in [-0.2, 0) is 4.74 Å². The highest BCUT2D eigenvalue weighted by Gasteiger charge is 2.23. The maximum atomic E-state index is 12.8. The van der Waals surface area contributed by atoms with Gasteiger partial charge in [0.1, 0.15) is 5.69 Å². The Balaban J connectivity index is 1.92. The minimum absolute atomic E-state index is 0.0629. The van der Waals surface area contributed by atoms with Crippen LogP contribution in [0, 0.1) is 13.8 Å². The number of H-pyrrole nitrogens is 1. The fourth-order valence-electron chi connectivity index (χ4n) is 3.41. The third kappa shape index (κ3) is 3.48. The van der Waals surface area contributed by atoms with Gasteiger partial charge in [-0.25, -0.2) is 0 Å². The highest BCUT2D eigenvalue weighted by Crippen LogP contribution is 2.35. The van der Waals surface area contributed by atoms with E-state index in [0.29, 0.717) is 59.5 Å². The van der Waals surface area contributed by atoms with Crippen LogP contribution in [0.4, 0.5) is 11.4 Å². The molecule has 1 saturated heterocycles. The van der Waals surface area contributed by atoms with Crippen LogP contribution in [0.15, 0.2) is 18.2 Å². The Bertz CT molecular complexity index is 854. The molecule has 1 aromatic carbocycles. The lowest BCUT2D eigenvalue weighted by atomic mass is 10.1. The van der Waals surface area contributed by atoms with Crippen molar-refractivity contribution in [1.82, 2.24) is 4.98 Å². The Morgan fingerprint density at radius 3 is 2.54 bits per heavy atom. The molecule has 1 aromatic heterocycles. The predicted molar refractivity (Wildman–Crippen MR) is 103 cm³/mol. The van der Waals surface area contributed by atoms with Gasteiger partial charge in [-0.2, -0.15) is 0 Å². The molecule has 0 spiro atoms. The SMILES string of the molecule is CC(=O)c1c(C)[nH]c(C(=O)Nc2cccc(Cl)c2N2CCOCC2)c1C. The second kappa shape index (κ2) is 7.51. The lowest BCUT2D eigenvalue weighted by molar-refractivity contribution is 0.101. The van der Waals surface area contributed by atoms with Gasteiger partial charge in [0, 0.05) is 24.3 Å². The number of nitrogens with one attached hydrogen (secondary N) is 2. The molecule has 0 radical (unpaired) electrons. The number of Topliss-reactive ketones (excluding diaryl/α,β-unsaturated/α-hetero) is 1. The molecule has 2 aromatic rings. The number of carbonyl (C=O) groups excluding carboxylic acids is 2. The first-order valence-electron chi connectivity index (χ1n) is 8.52. The molecule has 26 heavy (non-hydrogen) atoms. The van der Waals surface area contributed by atoms with Gasteiger partial charge in [-0.15, -0.1) is 0 Å². The van der Waals surface area contributed by atoms with E-state index in [4.69, 9.17) is 16.3 Å². The van der Waals surface area contributed by atoms with Crippen molar-refractivity contribution in [3.05, 3.63) is 45.7 Å². The number of amides is 1. The number of anilines is 2. The number of ketones is 1. The topological polar surface area (TPSA) is 74.4 Å². The zero-order valence-electron chi connectivity index (χ0n) is 15.1. The van der Waals surface area contributed by atoms with Crippen molar-refractivity contribution in [1.29, 1.82) is 0 Å². The van der Waals surface area contributed by atoms with Crippen LogP contribution in [-0.4, -0.2) is 43.0 Å². The average molecular weight is 376 g/mol. The number of aromatic nitrogens is 1. The molecule has 6 nitrogen and oxygen atoms in total. The largest absolute Gasteiger partial charge is 0.378 e. The van der Waals surface area contributed by atoms with Crippen LogP contribution >= 0.6 is 11.6 Å². The van der Waals surface area contributed by atoms with Crippen LogP contribution in [0.3, 0.4) is 0 Å². The van der Waals surface area contributed by atoms with Crippen molar-refractivity contribution in [2.45, 2.75) is 20.8 Å². The van der Waals surface area contributed by atoms with Crippen LogP contribution in [0.25, 0.3) is 0 Å². The number of para-hydroxylation sites is 1. The standard InChI is InChI=1S/C19H22ClN3O3/c1-11-16(13(3)24)12(2)21-17(11)19(25)22-15-6-4-5-14(20)18(15)23-7-9-26-10-8-23/h4-6,21H,7-10H2,1-3H3,(H,22,25). The molecular formula is C19H22ClN3O3. The number of carbonyl (C=O) groups is 2. The highest BCUT2D eigenvalue weighted by atomic mass is 35.5. The van der Waals surface area contributed by atoms with Gasteiger partial charge in [0.05, 0.1) is 29.6 Å². The van der Waals surface area contributed by atoms with E-state index in [1.807, 2.05) is 6.07 Å².